The molecule has 142 valence electrons. The van der Waals surface area contributed by atoms with Gasteiger partial charge in [-0.3, -0.25) is 9.69 Å². The summed E-state index contributed by atoms with van der Waals surface area (Å²) in [7, 11) is 0. The van der Waals surface area contributed by atoms with Gasteiger partial charge in [-0.25, -0.2) is 9.97 Å². The second-order valence-corrected chi connectivity index (χ2v) is 7.54. The zero-order valence-corrected chi connectivity index (χ0v) is 16.1. The van der Waals surface area contributed by atoms with Crippen LogP contribution in [0.5, 0.6) is 0 Å². The highest BCUT2D eigenvalue weighted by atomic mass is 35.5. The summed E-state index contributed by atoms with van der Waals surface area (Å²) in [6, 6.07) is 9.56. The van der Waals surface area contributed by atoms with E-state index in [1.807, 2.05) is 23.1 Å². The van der Waals surface area contributed by atoms with Gasteiger partial charge in [-0.1, -0.05) is 11.6 Å². The smallest absolute Gasteiger partial charge is 0.253 e. The molecule has 2 aromatic rings. The molecule has 0 spiro atoms. The van der Waals surface area contributed by atoms with Crippen LogP contribution in [-0.2, 0) is 0 Å². The van der Waals surface area contributed by atoms with Crippen LogP contribution in [0.1, 0.15) is 23.2 Å². The molecule has 7 heteroatoms. The van der Waals surface area contributed by atoms with E-state index in [1.165, 1.54) is 0 Å². The number of aromatic nitrogens is 2. The molecule has 2 saturated heterocycles. The van der Waals surface area contributed by atoms with Crippen LogP contribution in [-0.4, -0.2) is 71.0 Å². The largest absolute Gasteiger partial charge is 0.339 e. The Kier molecular flexibility index (Phi) is 5.55. The fourth-order valence-electron chi connectivity index (χ4n) is 3.95. The van der Waals surface area contributed by atoms with Crippen molar-refractivity contribution in [1.29, 1.82) is 0 Å². The van der Waals surface area contributed by atoms with Crippen molar-refractivity contribution in [3.63, 3.8) is 0 Å². The monoisotopic (exact) mass is 385 g/mol. The lowest BCUT2D eigenvalue weighted by Crippen LogP contribution is -2.54. The van der Waals surface area contributed by atoms with Crippen molar-refractivity contribution in [3.05, 3.63) is 53.3 Å². The summed E-state index contributed by atoms with van der Waals surface area (Å²) in [5, 5.41) is 0.658. The van der Waals surface area contributed by atoms with Crippen LogP contribution in [0.25, 0.3) is 0 Å². The molecule has 27 heavy (non-hydrogen) atoms. The van der Waals surface area contributed by atoms with Gasteiger partial charge in [0.2, 0.25) is 5.95 Å². The standard InChI is InChI=1S/C20H24ClN5O/c21-17-4-2-16(3-5-17)19(27)25-10-6-18(7-11-25)24-12-14-26(15-13-24)20-22-8-1-9-23-20/h1-5,8-9,18H,6-7,10-15H2. The third kappa shape index (κ3) is 4.22. The number of piperidine rings is 1. The van der Waals surface area contributed by atoms with Crippen molar-refractivity contribution in [3.8, 4) is 0 Å². The lowest BCUT2D eigenvalue weighted by Gasteiger charge is -2.42. The molecule has 0 aliphatic carbocycles. The number of hydrogen-bond donors (Lipinski definition) is 0. The number of rotatable bonds is 3. The molecular formula is C20H24ClN5O. The van der Waals surface area contributed by atoms with Gasteiger partial charge < -0.3 is 9.80 Å². The van der Waals surface area contributed by atoms with Crippen LogP contribution in [0.3, 0.4) is 0 Å². The first kappa shape index (κ1) is 18.2. The third-order valence-electron chi connectivity index (χ3n) is 5.51. The Labute approximate surface area is 164 Å². The summed E-state index contributed by atoms with van der Waals surface area (Å²) in [5.74, 6) is 0.927. The molecule has 2 aliphatic heterocycles. The van der Waals surface area contributed by atoms with Gasteiger partial charge >= 0.3 is 0 Å². The van der Waals surface area contributed by atoms with Crippen LogP contribution >= 0.6 is 11.6 Å². The van der Waals surface area contributed by atoms with Gasteiger partial charge in [0.1, 0.15) is 0 Å². The average Bonchev–Trinajstić information content (AvgIpc) is 2.75. The summed E-state index contributed by atoms with van der Waals surface area (Å²) in [6.07, 6.45) is 5.65. The van der Waals surface area contributed by atoms with Crippen LogP contribution in [0.15, 0.2) is 42.7 Å². The number of nitrogens with zero attached hydrogens (tertiary/aromatic N) is 5. The molecule has 4 rings (SSSR count). The van der Waals surface area contributed by atoms with E-state index >= 15 is 0 Å². The van der Waals surface area contributed by atoms with E-state index in [0.29, 0.717) is 16.6 Å². The molecule has 0 radical (unpaired) electrons. The minimum absolute atomic E-state index is 0.108. The van der Waals surface area contributed by atoms with Crippen molar-refractivity contribution >= 4 is 23.5 Å². The Morgan fingerprint density at radius 3 is 2.19 bits per heavy atom. The van der Waals surface area contributed by atoms with Crippen LogP contribution < -0.4 is 4.90 Å². The van der Waals surface area contributed by atoms with E-state index in [1.54, 1.807) is 24.5 Å². The highest BCUT2D eigenvalue weighted by molar-refractivity contribution is 6.30. The number of amides is 1. The molecule has 2 fully saturated rings. The zero-order chi connectivity index (χ0) is 18.6. The lowest BCUT2D eigenvalue weighted by molar-refractivity contribution is 0.0610. The first-order chi connectivity index (χ1) is 13.2. The quantitative estimate of drug-likeness (QED) is 0.812. The topological polar surface area (TPSA) is 52.6 Å². The zero-order valence-electron chi connectivity index (χ0n) is 15.3. The van der Waals surface area contributed by atoms with Crippen LogP contribution in [0.4, 0.5) is 5.95 Å². The molecule has 6 nitrogen and oxygen atoms in total. The van der Waals surface area contributed by atoms with Gasteiger partial charge in [0.15, 0.2) is 0 Å². The Morgan fingerprint density at radius 2 is 1.56 bits per heavy atom. The maximum absolute atomic E-state index is 12.6. The third-order valence-corrected chi connectivity index (χ3v) is 5.76. The molecule has 0 unspecified atom stereocenters. The fourth-order valence-corrected chi connectivity index (χ4v) is 4.08. The predicted octanol–water partition coefficient (Wildman–Crippen LogP) is 2.56. The Morgan fingerprint density at radius 1 is 0.926 bits per heavy atom. The van der Waals surface area contributed by atoms with E-state index in [9.17, 15) is 4.79 Å². The maximum Gasteiger partial charge on any atom is 0.253 e. The second kappa shape index (κ2) is 8.23. The van der Waals surface area contributed by atoms with E-state index < -0.39 is 0 Å². The number of carbonyl (C=O) groups excluding carboxylic acids is 1. The van der Waals surface area contributed by atoms with Crippen molar-refractivity contribution in [1.82, 2.24) is 19.8 Å². The molecule has 1 aromatic carbocycles. The van der Waals surface area contributed by atoms with Crippen molar-refractivity contribution in [2.75, 3.05) is 44.2 Å². The summed E-state index contributed by atoms with van der Waals surface area (Å²) in [4.78, 5) is 28.1. The Balaban J connectivity index is 1.27. The Bertz CT molecular complexity index is 754. The SMILES string of the molecule is O=C(c1ccc(Cl)cc1)N1CCC(N2CCN(c3ncccn3)CC2)CC1. The number of carbonyl (C=O) groups is 1. The van der Waals surface area contributed by atoms with Gasteiger partial charge in [0.25, 0.3) is 5.91 Å². The first-order valence-electron chi connectivity index (χ1n) is 9.51. The van der Waals surface area contributed by atoms with E-state index in [0.717, 1.165) is 58.1 Å². The average molecular weight is 386 g/mol. The summed E-state index contributed by atoms with van der Waals surface area (Å²) in [5.41, 5.74) is 0.717. The van der Waals surface area contributed by atoms with Crippen LogP contribution in [0.2, 0.25) is 5.02 Å². The van der Waals surface area contributed by atoms with Gasteiger partial charge in [-0.15, -0.1) is 0 Å². The second-order valence-electron chi connectivity index (χ2n) is 7.10. The number of benzene rings is 1. The molecule has 0 bridgehead atoms. The fraction of sp³-hybridized carbons (Fsp3) is 0.450. The van der Waals surface area contributed by atoms with Gasteiger partial charge in [0.05, 0.1) is 0 Å². The minimum Gasteiger partial charge on any atom is -0.339 e. The summed E-state index contributed by atoms with van der Waals surface area (Å²) >= 11 is 5.91. The minimum atomic E-state index is 0.108. The summed E-state index contributed by atoms with van der Waals surface area (Å²) in [6.45, 7) is 5.58. The number of piperazine rings is 1. The van der Waals surface area contributed by atoms with E-state index in [2.05, 4.69) is 19.8 Å². The number of hydrogen-bond acceptors (Lipinski definition) is 5. The highest BCUT2D eigenvalue weighted by Gasteiger charge is 2.29. The van der Waals surface area contributed by atoms with E-state index in [4.69, 9.17) is 11.6 Å². The number of halogens is 1. The maximum atomic E-state index is 12.6. The summed E-state index contributed by atoms with van der Waals surface area (Å²) < 4.78 is 0. The number of anilines is 1. The molecule has 1 amide bonds. The van der Waals surface area contributed by atoms with Crippen molar-refractivity contribution in [2.45, 2.75) is 18.9 Å². The number of likely N-dealkylation sites (tertiary alicyclic amines) is 1. The van der Waals surface area contributed by atoms with Crippen LogP contribution in [0, 0.1) is 0 Å². The van der Waals surface area contributed by atoms with Gasteiger partial charge in [0, 0.05) is 68.3 Å². The molecule has 0 saturated carbocycles. The first-order valence-corrected chi connectivity index (χ1v) is 9.89. The van der Waals surface area contributed by atoms with E-state index in [-0.39, 0.29) is 5.91 Å². The molecule has 3 heterocycles. The van der Waals surface area contributed by atoms with Gasteiger partial charge in [-0.2, -0.15) is 0 Å². The molecule has 1 aromatic heterocycles. The molecular weight excluding hydrogens is 362 g/mol. The normalized spacial score (nSPS) is 19.3. The van der Waals surface area contributed by atoms with Gasteiger partial charge in [-0.05, 0) is 43.2 Å². The Hall–Kier alpha value is -2.18. The molecule has 0 atom stereocenters. The highest BCUT2D eigenvalue weighted by Crippen LogP contribution is 2.21. The predicted molar refractivity (Wildman–Crippen MR) is 106 cm³/mol. The molecule has 0 N–H and O–H groups in total. The van der Waals surface area contributed by atoms with Crippen molar-refractivity contribution < 1.29 is 4.79 Å². The molecule has 2 aliphatic rings. The van der Waals surface area contributed by atoms with Crippen molar-refractivity contribution in [2.24, 2.45) is 0 Å². The lowest BCUT2D eigenvalue weighted by atomic mass is 10.0.